The van der Waals surface area contributed by atoms with Gasteiger partial charge >= 0.3 is 0 Å². The molecular formula is C20H22N2O2. The minimum absolute atomic E-state index is 0.0209. The van der Waals surface area contributed by atoms with Gasteiger partial charge in [-0.2, -0.15) is 0 Å². The van der Waals surface area contributed by atoms with Crippen molar-refractivity contribution in [2.24, 2.45) is 5.92 Å². The lowest BCUT2D eigenvalue weighted by Crippen LogP contribution is -2.46. The van der Waals surface area contributed by atoms with Crippen LogP contribution in [-0.4, -0.2) is 17.9 Å². The Balaban J connectivity index is 1.79. The van der Waals surface area contributed by atoms with Gasteiger partial charge in [-0.15, -0.1) is 0 Å². The van der Waals surface area contributed by atoms with E-state index in [0.29, 0.717) is 0 Å². The molecule has 0 spiro atoms. The van der Waals surface area contributed by atoms with Crippen molar-refractivity contribution in [3.8, 4) is 11.1 Å². The molecule has 0 heterocycles. The lowest BCUT2D eigenvalue weighted by atomic mass is 10.0. The molecule has 0 saturated heterocycles. The number of nitrogens with one attached hydrogen (secondary N) is 2. The third kappa shape index (κ3) is 3.18. The van der Waals surface area contributed by atoms with Gasteiger partial charge < -0.3 is 10.6 Å². The largest absolute Gasteiger partial charge is 0.344 e. The Bertz CT molecular complexity index is 796. The zero-order valence-electron chi connectivity index (χ0n) is 14.2. The van der Waals surface area contributed by atoms with E-state index >= 15 is 0 Å². The lowest BCUT2D eigenvalue weighted by molar-refractivity contribution is -0.126. The van der Waals surface area contributed by atoms with Gasteiger partial charge in [0, 0.05) is 12.6 Å². The van der Waals surface area contributed by atoms with Gasteiger partial charge in [0.2, 0.25) is 11.8 Å². The van der Waals surface area contributed by atoms with Crippen molar-refractivity contribution in [1.29, 1.82) is 0 Å². The molecule has 0 saturated carbocycles. The fourth-order valence-electron chi connectivity index (χ4n) is 3.20. The Labute approximate surface area is 142 Å². The molecule has 2 aromatic rings. The van der Waals surface area contributed by atoms with Crippen LogP contribution >= 0.6 is 0 Å². The van der Waals surface area contributed by atoms with Gasteiger partial charge in [0.15, 0.2) is 0 Å². The summed E-state index contributed by atoms with van der Waals surface area (Å²) >= 11 is 0. The van der Waals surface area contributed by atoms with E-state index in [1.54, 1.807) is 0 Å². The van der Waals surface area contributed by atoms with Crippen LogP contribution in [0.2, 0.25) is 0 Å². The average molecular weight is 322 g/mol. The molecule has 124 valence electrons. The maximum Gasteiger partial charge on any atom is 0.247 e. The zero-order valence-corrected chi connectivity index (χ0v) is 14.2. The van der Waals surface area contributed by atoms with Crippen molar-refractivity contribution in [3.63, 3.8) is 0 Å². The molecule has 3 rings (SSSR count). The number of fused-ring (bicyclic) bond motifs is 3. The first-order chi connectivity index (χ1) is 11.5. The second-order valence-electron chi connectivity index (χ2n) is 6.62. The van der Waals surface area contributed by atoms with E-state index in [1.165, 1.54) is 29.2 Å². The number of rotatable bonds is 4. The monoisotopic (exact) mass is 322 g/mol. The van der Waals surface area contributed by atoms with E-state index in [0.717, 1.165) is 12.1 Å². The molecule has 4 nitrogen and oxygen atoms in total. The van der Waals surface area contributed by atoms with Crippen molar-refractivity contribution >= 4 is 17.5 Å². The van der Waals surface area contributed by atoms with Crippen molar-refractivity contribution in [2.45, 2.75) is 33.2 Å². The van der Waals surface area contributed by atoms with Crippen LogP contribution in [0, 0.1) is 5.92 Å². The molecule has 0 aromatic heterocycles. The van der Waals surface area contributed by atoms with E-state index < -0.39 is 6.04 Å². The fourth-order valence-corrected chi connectivity index (χ4v) is 3.20. The number of carbonyl (C=O) groups excluding carboxylic acids is 2. The van der Waals surface area contributed by atoms with Crippen LogP contribution in [0.15, 0.2) is 42.5 Å². The molecule has 1 unspecified atom stereocenters. The minimum Gasteiger partial charge on any atom is -0.344 e. The highest BCUT2D eigenvalue weighted by Gasteiger charge is 2.24. The van der Waals surface area contributed by atoms with Gasteiger partial charge in [0.05, 0.1) is 0 Å². The van der Waals surface area contributed by atoms with Crippen molar-refractivity contribution in [1.82, 2.24) is 5.32 Å². The molecule has 2 aromatic carbocycles. The Morgan fingerprint density at radius 1 is 1.00 bits per heavy atom. The SMILES string of the molecule is CC(=O)NC(C(=O)Nc1ccc2c(c1)Cc1ccccc1-2)C(C)C. The number of benzene rings is 2. The Kier molecular flexibility index (Phi) is 4.38. The van der Waals surface area contributed by atoms with Crippen LogP contribution in [0.25, 0.3) is 11.1 Å². The molecular weight excluding hydrogens is 300 g/mol. The summed E-state index contributed by atoms with van der Waals surface area (Å²) in [5.74, 6) is -0.364. The molecule has 1 aliphatic carbocycles. The number of carbonyl (C=O) groups is 2. The molecule has 0 radical (unpaired) electrons. The van der Waals surface area contributed by atoms with Gasteiger partial charge in [-0.1, -0.05) is 44.2 Å². The van der Waals surface area contributed by atoms with Gasteiger partial charge in [-0.25, -0.2) is 0 Å². The lowest BCUT2D eigenvalue weighted by Gasteiger charge is -2.21. The van der Waals surface area contributed by atoms with Crippen molar-refractivity contribution < 1.29 is 9.59 Å². The second-order valence-corrected chi connectivity index (χ2v) is 6.62. The summed E-state index contributed by atoms with van der Waals surface area (Å²) in [5.41, 5.74) is 5.79. The van der Waals surface area contributed by atoms with E-state index in [9.17, 15) is 9.59 Å². The van der Waals surface area contributed by atoms with Crippen LogP contribution in [0.5, 0.6) is 0 Å². The summed E-state index contributed by atoms with van der Waals surface area (Å²) in [7, 11) is 0. The summed E-state index contributed by atoms with van der Waals surface area (Å²) in [5, 5.41) is 5.65. The van der Waals surface area contributed by atoms with E-state index in [1.807, 2.05) is 38.1 Å². The smallest absolute Gasteiger partial charge is 0.247 e. The molecule has 0 aliphatic heterocycles. The zero-order chi connectivity index (χ0) is 17.3. The maximum atomic E-state index is 12.5. The van der Waals surface area contributed by atoms with Crippen molar-refractivity contribution in [3.05, 3.63) is 53.6 Å². The Hall–Kier alpha value is -2.62. The molecule has 2 amide bonds. The number of hydrogen-bond acceptors (Lipinski definition) is 2. The van der Waals surface area contributed by atoms with Gasteiger partial charge in [-0.3, -0.25) is 9.59 Å². The van der Waals surface area contributed by atoms with Gasteiger partial charge in [-0.05, 0) is 46.7 Å². The summed E-state index contributed by atoms with van der Waals surface area (Å²) < 4.78 is 0. The second kappa shape index (κ2) is 6.48. The number of hydrogen-bond donors (Lipinski definition) is 2. The first kappa shape index (κ1) is 16.2. The summed E-state index contributed by atoms with van der Waals surface area (Å²) in [4.78, 5) is 23.8. The predicted molar refractivity (Wildman–Crippen MR) is 95.8 cm³/mol. The van der Waals surface area contributed by atoms with Crippen LogP contribution < -0.4 is 10.6 Å². The van der Waals surface area contributed by atoms with E-state index in [4.69, 9.17) is 0 Å². The average Bonchev–Trinajstić information content (AvgIpc) is 2.89. The molecule has 4 heteroatoms. The molecule has 0 bridgehead atoms. The highest BCUT2D eigenvalue weighted by molar-refractivity contribution is 5.97. The summed E-state index contributed by atoms with van der Waals surface area (Å²) in [6, 6.07) is 13.8. The topological polar surface area (TPSA) is 58.2 Å². The highest BCUT2D eigenvalue weighted by Crippen LogP contribution is 2.37. The highest BCUT2D eigenvalue weighted by atomic mass is 16.2. The fraction of sp³-hybridized carbons (Fsp3) is 0.300. The quantitative estimate of drug-likeness (QED) is 0.774. The van der Waals surface area contributed by atoms with Crippen LogP contribution in [0.1, 0.15) is 31.9 Å². The van der Waals surface area contributed by atoms with Crippen molar-refractivity contribution in [2.75, 3.05) is 5.32 Å². The predicted octanol–water partition coefficient (Wildman–Crippen LogP) is 3.36. The summed E-state index contributed by atoms with van der Waals surface area (Å²) in [6.07, 6.45) is 0.883. The van der Waals surface area contributed by atoms with Crippen LogP contribution in [0.4, 0.5) is 5.69 Å². The van der Waals surface area contributed by atoms with Gasteiger partial charge in [0.1, 0.15) is 6.04 Å². The first-order valence-corrected chi connectivity index (χ1v) is 8.25. The first-order valence-electron chi connectivity index (χ1n) is 8.25. The molecule has 1 atom stereocenters. The third-order valence-electron chi connectivity index (χ3n) is 4.37. The molecule has 2 N–H and O–H groups in total. The van der Waals surface area contributed by atoms with Gasteiger partial charge in [0.25, 0.3) is 0 Å². The number of amides is 2. The van der Waals surface area contributed by atoms with Crippen LogP contribution in [0.3, 0.4) is 0 Å². The third-order valence-corrected chi connectivity index (χ3v) is 4.37. The Morgan fingerprint density at radius 2 is 1.71 bits per heavy atom. The molecule has 24 heavy (non-hydrogen) atoms. The maximum absolute atomic E-state index is 12.5. The standard InChI is InChI=1S/C20H22N2O2/c1-12(2)19(21-13(3)23)20(24)22-16-8-9-18-15(11-16)10-14-6-4-5-7-17(14)18/h4-9,11-12,19H,10H2,1-3H3,(H,21,23)(H,22,24). The molecule has 1 aliphatic rings. The molecule has 0 fully saturated rings. The normalized spacial score (nSPS) is 13.2. The Morgan fingerprint density at radius 3 is 2.42 bits per heavy atom. The number of anilines is 1. The van der Waals surface area contributed by atoms with E-state index in [-0.39, 0.29) is 17.7 Å². The summed E-state index contributed by atoms with van der Waals surface area (Å²) in [6.45, 7) is 5.26. The minimum atomic E-state index is -0.534. The van der Waals surface area contributed by atoms with E-state index in [2.05, 4.69) is 28.8 Å². The van der Waals surface area contributed by atoms with Crippen LogP contribution in [-0.2, 0) is 16.0 Å².